The van der Waals surface area contributed by atoms with Gasteiger partial charge in [0.05, 0.1) is 26.2 Å². The second kappa shape index (κ2) is 19.9. The molecule has 0 fully saturated rings. The number of para-hydroxylation sites is 2. The predicted molar refractivity (Wildman–Crippen MR) is 370 cm³/mol. The average molecular weight is 1130 g/mol. The Bertz CT molecular complexity index is 5250. The third-order valence-electron chi connectivity index (χ3n) is 18.1. The molecule has 2 aromatic heterocycles. The molecule has 13 aromatic carbocycles. The molecule has 1 spiro atoms. The summed E-state index contributed by atoms with van der Waals surface area (Å²) in [6, 6.07) is 108. The van der Waals surface area contributed by atoms with Crippen LogP contribution in [0.25, 0.3) is 95.6 Å². The topological polar surface area (TPSA) is 6.48 Å². The van der Waals surface area contributed by atoms with Crippen LogP contribution in [0.15, 0.2) is 304 Å². The Morgan fingerprint density at radius 1 is 0.349 bits per heavy atom. The van der Waals surface area contributed by atoms with Crippen LogP contribution in [-0.4, -0.2) is 0 Å². The van der Waals surface area contributed by atoms with Crippen LogP contribution in [0, 0.1) is 6.92 Å². The number of thiophene rings is 2. The summed E-state index contributed by atoms with van der Waals surface area (Å²) in [5, 5.41) is 7.59. The van der Waals surface area contributed by atoms with Gasteiger partial charge in [-0.3, -0.25) is 0 Å². The minimum atomic E-state index is -0.632. The van der Waals surface area contributed by atoms with E-state index in [4.69, 9.17) is 0 Å². The Hall–Kier alpha value is -10.4. The molecule has 0 unspecified atom stereocenters. The van der Waals surface area contributed by atoms with Gasteiger partial charge in [0.15, 0.2) is 0 Å². The van der Waals surface area contributed by atoms with Crippen LogP contribution in [-0.2, 0) is 5.41 Å². The van der Waals surface area contributed by atoms with Gasteiger partial charge in [-0.15, -0.1) is 22.7 Å². The number of nitrogens with zero attached hydrogens (tertiary/aromatic N) is 2. The van der Waals surface area contributed by atoms with Crippen molar-refractivity contribution >= 4 is 119 Å². The van der Waals surface area contributed by atoms with Gasteiger partial charge in [-0.2, -0.15) is 0 Å². The van der Waals surface area contributed by atoms with Crippen molar-refractivity contribution < 1.29 is 0 Å². The van der Waals surface area contributed by atoms with Gasteiger partial charge in [-0.05, 0) is 174 Å². The predicted octanol–water partition coefficient (Wildman–Crippen LogP) is 23.6. The van der Waals surface area contributed by atoms with Crippen molar-refractivity contribution in [3.8, 4) is 33.4 Å². The van der Waals surface area contributed by atoms with Gasteiger partial charge in [0.2, 0.25) is 0 Å². The molecule has 2 aliphatic carbocycles. The van der Waals surface area contributed by atoms with Crippen LogP contribution >= 0.6 is 22.7 Å². The summed E-state index contributed by atoms with van der Waals surface area (Å²) in [5.74, 6) is 0. The van der Waals surface area contributed by atoms with E-state index in [2.05, 4.69) is 321 Å². The molecule has 0 bridgehead atoms. The van der Waals surface area contributed by atoms with Gasteiger partial charge in [-0.25, -0.2) is 0 Å². The van der Waals surface area contributed by atoms with Gasteiger partial charge in [0.1, 0.15) is 0 Å². The molecule has 0 radical (unpaired) electrons. The van der Waals surface area contributed by atoms with E-state index in [0.717, 1.165) is 33.9 Å². The Kier molecular flexibility index (Phi) is 11.6. The van der Waals surface area contributed by atoms with E-state index in [1.807, 2.05) is 22.7 Å². The molecule has 0 saturated heterocycles. The molecular weight excluding hydrogens is 1080 g/mol. The van der Waals surface area contributed by atoms with E-state index in [1.54, 1.807) is 0 Å². The number of rotatable bonds is 10. The maximum Gasteiger partial charge on any atom is 0.0737 e. The molecule has 0 saturated carbocycles. The fourth-order valence-electron chi connectivity index (χ4n) is 14.5. The van der Waals surface area contributed by atoms with E-state index >= 15 is 0 Å². The highest BCUT2D eigenvalue weighted by molar-refractivity contribution is 7.26. The third-order valence-corrected chi connectivity index (χ3v) is 20.6. The second-order valence-corrected chi connectivity index (χ2v) is 24.8. The lowest BCUT2D eigenvalue weighted by atomic mass is 9.66. The van der Waals surface area contributed by atoms with Gasteiger partial charge >= 0.3 is 0 Å². The zero-order chi connectivity index (χ0) is 57.0. The lowest BCUT2D eigenvalue weighted by molar-refractivity contribution is 0.850. The fraction of sp³-hybridized carbons (Fsp3) is 0.0244. The number of fused-ring (bicyclic) bond motifs is 15. The van der Waals surface area contributed by atoms with E-state index in [9.17, 15) is 0 Å². The van der Waals surface area contributed by atoms with E-state index < -0.39 is 5.41 Å². The van der Waals surface area contributed by atoms with Crippen molar-refractivity contribution in [2.75, 3.05) is 9.80 Å². The Morgan fingerprint density at radius 2 is 0.802 bits per heavy atom. The molecule has 0 aliphatic heterocycles. The van der Waals surface area contributed by atoms with Crippen LogP contribution < -0.4 is 9.80 Å². The Labute approximate surface area is 508 Å². The highest BCUT2D eigenvalue weighted by Gasteiger charge is 2.54. The number of hydrogen-bond acceptors (Lipinski definition) is 4. The highest BCUT2D eigenvalue weighted by atomic mass is 32.1. The molecule has 17 rings (SSSR count). The molecule has 0 amide bonds. The van der Waals surface area contributed by atoms with Crippen LogP contribution in [0.4, 0.5) is 34.1 Å². The first-order chi connectivity index (χ1) is 42.5. The number of aryl methyl sites for hydroxylation is 1. The molecule has 15 aromatic rings. The largest absolute Gasteiger partial charge is 0.309 e. The maximum absolute atomic E-state index is 4.65. The molecule has 2 heterocycles. The molecule has 404 valence electrons. The molecule has 2 nitrogen and oxygen atoms in total. The van der Waals surface area contributed by atoms with Crippen molar-refractivity contribution in [3.63, 3.8) is 0 Å². The Balaban J connectivity index is 0.796. The zero-order valence-electron chi connectivity index (χ0n) is 47.2. The summed E-state index contributed by atoms with van der Waals surface area (Å²) in [5.41, 5.74) is 23.4. The minimum absolute atomic E-state index is 0.632. The van der Waals surface area contributed by atoms with E-state index in [1.165, 1.54) is 129 Å². The first kappa shape index (κ1) is 50.2. The highest BCUT2D eigenvalue weighted by Crippen LogP contribution is 2.66. The van der Waals surface area contributed by atoms with Gasteiger partial charge in [0.25, 0.3) is 0 Å². The normalized spacial score (nSPS) is 13.0. The van der Waals surface area contributed by atoms with Crippen molar-refractivity contribution in [1.82, 2.24) is 0 Å². The maximum atomic E-state index is 4.65. The van der Waals surface area contributed by atoms with Crippen LogP contribution in [0.1, 0.15) is 33.4 Å². The molecule has 0 N–H and O–H groups in total. The van der Waals surface area contributed by atoms with Crippen molar-refractivity contribution in [3.05, 3.63) is 337 Å². The summed E-state index contributed by atoms with van der Waals surface area (Å²) >= 11 is 3.73. The van der Waals surface area contributed by atoms with Gasteiger partial charge in [-0.1, -0.05) is 225 Å². The zero-order valence-corrected chi connectivity index (χ0v) is 48.8. The smallest absolute Gasteiger partial charge is 0.0737 e. The first-order valence-corrected chi connectivity index (χ1v) is 31.1. The van der Waals surface area contributed by atoms with E-state index in [-0.39, 0.29) is 0 Å². The second-order valence-electron chi connectivity index (χ2n) is 22.7. The fourth-order valence-corrected chi connectivity index (χ4v) is 16.9. The summed E-state index contributed by atoms with van der Waals surface area (Å²) in [7, 11) is 0. The molecule has 86 heavy (non-hydrogen) atoms. The average Bonchev–Trinajstić information content (AvgIpc) is 2.05. The lowest BCUT2D eigenvalue weighted by Gasteiger charge is -2.34. The molecular formula is C82H54N2S2. The minimum Gasteiger partial charge on any atom is -0.309 e. The number of anilines is 6. The first-order valence-electron chi connectivity index (χ1n) is 29.5. The van der Waals surface area contributed by atoms with E-state index in [0.29, 0.717) is 0 Å². The molecule has 0 atom stereocenters. The summed E-state index contributed by atoms with van der Waals surface area (Å²) < 4.78 is 5.14. The standard InChI is InChI=1S/C82H54N2S2/c1-3-62-69-47-44-57-49-56(54-23-19-29-61(51-54)84(59-26-8-5-9-27-59)75-39-21-35-71-68-33-13-17-41-77(68)86-81(71)75)43-46-64(57)79(69)82(72-36-14-10-30-65(72)66-31-11-15-37-73(66)82)78(62)63-45-42-55(48-52(63)2)53-22-18-28-60(50-53)83(58-24-6-4-7-25-58)74-38-20-34-70-67-32-12-16-40-76(67)85-80(70)74/h3-51H,1H2,2H3. The van der Waals surface area contributed by atoms with Crippen LogP contribution in [0.5, 0.6) is 0 Å². The third kappa shape index (κ3) is 7.56. The van der Waals surface area contributed by atoms with Crippen molar-refractivity contribution in [2.24, 2.45) is 0 Å². The quantitative estimate of drug-likeness (QED) is 0.135. The number of hydrogen-bond donors (Lipinski definition) is 0. The summed E-state index contributed by atoms with van der Waals surface area (Å²) in [6.07, 6.45) is 2.13. The lowest BCUT2D eigenvalue weighted by Crippen LogP contribution is -2.27. The van der Waals surface area contributed by atoms with Crippen molar-refractivity contribution in [1.29, 1.82) is 0 Å². The summed E-state index contributed by atoms with van der Waals surface area (Å²) in [4.78, 5) is 4.86. The van der Waals surface area contributed by atoms with Crippen LogP contribution in [0.3, 0.4) is 0 Å². The monoisotopic (exact) mass is 1130 g/mol. The van der Waals surface area contributed by atoms with Crippen LogP contribution in [0.2, 0.25) is 0 Å². The van der Waals surface area contributed by atoms with Gasteiger partial charge < -0.3 is 9.80 Å². The number of benzene rings is 13. The molecule has 4 heteroatoms. The molecule has 2 aliphatic rings. The SMILES string of the molecule is C=CC1=C(c2ccc(-c3cccc(N(c4ccccc4)c4cccc5c4sc4ccccc45)c3)cc2C)C2(c3ccccc3-c3ccccc32)c2c1ccc1cc(-c3cccc(N(c4ccccc4)c4cccc5c4sc4ccccc45)c3)ccc21. The van der Waals surface area contributed by atoms with Gasteiger partial charge in [0, 0.05) is 53.7 Å². The van der Waals surface area contributed by atoms with Crippen molar-refractivity contribution in [2.45, 2.75) is 12.3 Å². The summed E-state index contributed by atoms with van der Waals surface area (Å²) in [6.45, 7) is 6.95. The Morgan fingerprint density at radius 3 is 1.36 bits per heavy atom. The number of allylic oxidation sites excluding steroid dienone is 3.